The Morgan fingerprint density at radius 3 is 2.87 bits per heavy atom. The molecule has 3 nitrogen and oxygen atoms in total. The highest BCUT2D eigenvalue weighted by molar-refractivity contribution is 6.06. The molecule has 0 radical (unpaired) electrons. The van der Waals surface area contributed by atoms with E-state index in [-0.39, 0.29) is 0 Å². The Bertz CT molecular complexity index is 628. The van der Waals surface area contributed by atoms with Crippen molar-refractivity contribution in [3.05, 3.63) is 42.2 Å². The third-order valence-corrected chi connectivity index (χ3v) is 2.59. The molecule has 3 aromatic rings. The van der Waals surface area contributed by atoms with Crippen LogP contribution in [-0.2, 0) is 6.54 Å². The van der Waals surface area contributed by atoms with Crippen molar-refractivity contribution in [2.75, 3.05) is 0 Å². The number of benzene rings is 1. The van der Waals surface area contributed by atoms with Crippen LogP contribution in [0.3, 0.4) is 0 Å². The number of fused-ring (bicyclic) bond motifs is 3. The molecular weight excluding hydrogens is 188 g/mol. The molecule has 2 heterocycles. The zero-order chi connectivity index (χ0) is 10.3. The predicted octanol–water partition coefficient (Wildman–Crippen LogP) is 2.44. The molecule has 0 aliphatic rings. The standard InChI is InChI=1S/C12H10N2O/c13-5-8-6-14-7-11-12(8)9-3-1-2-4-10(9)15-11/h1-4,6-7H,5,13H2. The van der Waals surface area contributed by atoms with Gasteiger partial charge in [0.05, 0.1) is 6.20 Å². The molecule has 0 saturated heterocycles. The molecule has 0 bridgehead atoms. The van der Waals surface area contributed by atoms with Crippen LogP contribution in [0.5, 0.6) is 0 Å². The SMILES string of the molecule is NCc1cncc2oc3ccccc3c12. The molecule has 0 unspecified atom stereocenters. The zero-order valence-electron chi connectivity index (χ0n) is 8.10. The summed E-state index contributed by atoms with van der Waals surface area (Å²) in [5.74, 6) is 0. The number of hydrogen-bond donors (Lipinski definition) is 1. The van der Waals surface area contributed by atoms with Crippen LogP contribution >= 0.6 is 0 Å². The molecule has 0 fully saturated rings. The van der Waals surface area contributed by atoms with Crippen molar-refractivity contribution < 1.29 is 4.42 Å². The van der Waals surface area contributed by atoms with Crippen LogP contribution in [0.15, 0.2) is 41.1 Å². The number of hydrogen-bond acceptors (Lipinski definition) is 3. The van der Waals surface area contributed by atoms with Gasteiger partial charge in [-0.25, -0.2) is 0 Å². The van der Waals surface area contributed by atoms with Crippen molar-refractivity contribution >= 4 is 21.9 Å². The highest BCUT2D eigenvalue weighted by Gasteiger charge is 2.09. The van der Waals surface area contributed by atoms with Crippen molar-refractivity contribution in [3.63, 3.8) is 0 Å². The van der Waals surface area contributed by atoms with Crippen LogP contribution < -0.4 is 5.73 Å². The van der Waals surface area contributed by atoms with E-state index in [1.165, 1.54) is 0 Å². The van der Waals surface area contributed by atoms with E-state index in [2.05, 4.69) is 4.98 Å². The van der Waals surface area contributed by atoms with E-state index in [0.29, 0.717) is 6.54 Å². The first-order valence-electron chi connectivity index (χ1n) is 4.84. The molecular formula is C12H10N2O. The molecule has 0 spiro atoms. The van der Waals surface area contributed by atoms with Gasteiger partial charge in [-0.05, 0) is 11.6 Å². The molecule has 0 aliphatic carbocycles. The summed E-state index contributed by atoms with van der Waals surface area (Å²) in [5.41, 5.74) is 8.40. The van der Waals surface area contributed by atoms with Gasteiger partial charge >= 0.3 is 0 Å². The predicted molar refractivity (Wildman–Crippen MR) is 59.4 cm³/mol. The Labute approximate surface area is 86.5 Å². The van der Waals surface area contributed by atoms with Crippen LogP contribution in [0.4, 0.5) is 0 Å². The van der Waals surface area contributed by atoms with Gasteiger partial charge in [0.2, 0.25) is 0 Å². The van der Waals surface area contributed by atoms with Crippen LogP contribution in [0.25, 0.3) is 21.9 Å². The fourth-order valence-corrected chi connectivity index (χ4v) is 1.90. The topological polar surface area (TPSA) is 52.0 Å². The van der Waals surface area contributed by atoms with Crippen molar-refractivity contribution in [1.82, 2.24) is 4.98 Å². The smallest absolute Gasteiger partial charge is 0.154 e. The van der Waals surface area contributed by atoms with Crippen LogP contribution in [-0.4, -0.2) is 4.98 Å². The monoisotopic (exact) mass is 198 g/mol. The van der Waals surface area contributed by atoms with E-state index in [1.54, 1.807) is 12.4 Å². The van der Waals surface area contributed by atoms with Crippen molar-refractivity contribution in [2.24, 2.45) is 5.73 Å². The fraction of sp³-hybridized carbons (Fsp3) is 0.0833. The second-order valence-corrected chi connectivity index (χ2v) is 3.47. The van der Waals surface area contributed by atoms with Gasteiger partial charge in [-0.1, -0.05) is 18.2 Å². The Morgan fingerprint density at radius 2 is 2.00 bits per heavy atom. The van der Waals surface area contributed by atoms with Gasteiger partial charge in [0.15, 0.2) is 5.58 Å². The average molecular weight is 198 g/mol. The maximum absolute atomic E-state index is 5.68. The van der Waals surface area contributed by atoms with E-state index in [4.69, 9.17) is 10.2 Å². The molecule has 15 heavy (non-hydrogen) atoms. The van der Waals surface area contributed by atoms with Crippen LogP contribution in [0, 0.1) is 0 Å². The summed E-state index contributed by atoms with van der Waals surface area (Å²) >= 11 is 0. The van der Waals surface area contributed by atoms with Gasteiger partial charge in [-0.15, -0.1) is 0 Å². The van der Waals surface area contributed by atoms with E-state index < -0.39 is 0 Å². The molecule has 3 rings (SSSR count). The van der Waals surface area contributed by atoms with Gasteiger partial charge in [-0.3, -0.25) is 4.98 Å². The van der Waals surface area contributed by atoms with Crippen molar-refractivity contribution in [3.8, 4) is 0 Å². The van der Waals surface area contributed by atoms with E-state index in [9.17, 15) is 0 Å². The Hall–Kier alpha value is -1.87. The summed E-state index contributed by atoms with van der Waals surface area (Å²) in [4.78, 5) is 4.11. The molecule has 1 aromatic carbocycles. The minimum atomic E-state index is 0.480. The normalized spacial score (nSPS) is 11.3. The van der Waals surface area contributed by atoms with Gasteiger partial charge in [0.1, 0.15) is 5.58 Å². The molecule has 2 N–H and O–H groups in total. The molecule has 0 aliphatic heterocycles. The van der Waals surface area contributed by atoms with Gasteiger partial charge < -0.3 is 10.2 Å². The summed E-state index contributed by atoms with van der Waals surface area (Å²) in [5, 5.41) is 2.19. The first-order valence-corrected chi connectivity index (χ1v) is 4.84. The summed E-state index contributed by atoms with van der Waals surface area (Å²) in [6, 6.07) is 7.95. The lowest BCUT2D eigenvalue weighted by Gasteiger charge is -1.96. The van der Waals surface area contributed by atoms with Gasteiger partial charge in [0.25, 0.3) is 0 Å². The van der Waals surface area contributed by atoms with E-state index in [1.807, 2.05) is 24.3 Å². The molecule has 74 valence electrons. The number of nitrogens with two attached hydrogens (primary N) is 1. The minimum Gasteiger partial charge on any atom is -0.454 e. The summed E-state index contributed by atoms with van der Waals surface area (Å²) in [6.45, 7) is 0.480. The largest absolute Gasteiger partial charge is 0.454 e. The molecule has 0 atom stereocenters. The van der Waals surface area contributed by atoms with Gasteiger partial charge in [-0.2, -0.15) is 0 Å². The fourth-order valence-electron chi connectivity index (χ4n) is 1.90. The Morgan fingerprint density at radius 1 is 1.13 bits per heavy atom. The molecule has 3 heteroatoms. The summed E-state index contributed by atoms with van der Waals surface area (Å²) in [7, 11) is 0. The Balaban J connectivity index is 2.56. The maximum Gasteiger partial charge on any atom is 0.154 e. The van der Waals surface area contributed by atoms with Crippen LogP contribution in [0.2, 0.25) is 0 Å². The van der Waals surface area contributed by atoms with Crippen LogP contribution in [0.1, 0.15) is 5.56 Å². The van der Waals surface area contributed by atoms with Crippen molar-refractivity contribution in [1.29, 1.82) is 0 Å². The number of pyridine rings is 1. The Kier molecular flexibility index (Phi) is 1.73. The highest BCUT2D eigenvalue weighted by atomic mass is 16.3. The number of nitrogens with zero attached hydrogens (tertiary/aromatic N) is 1. The number of aromatic nitrogens is 1. The zero-order valence-corrected chi connectivity index (χ0v) is 8.10. The van der Waals surface area contributed by atoms with Crippen molar-refractivity contribution in [2.45, 2.75) is 6.54 Å². The highest BCUT2D eigenvalue weighted by Crippen LogP contribution is 2.29. The first-order chi connectivity index (χ1) is 7.40. The molecule has 0 saturated carbocycles. The van der Waals surface area contributed by atoms with E-state index in [0.717, 1.165) is 27.5 Å². The maximum atomic E-state index is 5.68. The quantitative estimate of drug-likeness (QED) is 0.653. The van der Waals surface area contributed by atoms with E-state index >= 15 is 0 Å². The second-order valence-electron chi connectivity index (χ2n) is 3.47. The molecule has 2 aromatic heterocycles. The summed E-state index contributed by atoms with van der Waals surface area (Å²) < 4.78 is 5.68. The number of rotatable bonds is 1. The lowest BCUT2D eigenvalue weighted by molar-refractivity contribution is 0.666. The summed E-state index contributed by atoms with van der Waals surface area (Å²) in [6.07, 6.45) is 3.53. The third-order valence-electron chi connectivity index (χ3n) is 2.59. The first kappa shape index (κ1) is 8.44. The lowest BCUT2D eigenvalue weighted by Crippen LogP contribution is -1.97. The number of para-hydroxylation sites is 1. The molecule has 0 amide bonds. The average Bonchev–Trinajstić information content (AvgIpc) is 2.67. The lowest BCUT2D eigenvalue weighted by atomic mass is 10.1. The number of furan rings is 1. The second kappa shape index (κ2) is 3.07. The third kappa shape index (κ3) is 1.13. The van der Waals surface area contributed by atoms with Gasteiger partial charge in [0, 0.05) is 23.5 Å². The minimum absolute atomic E-state index is 0.480.